The average Bonchev–Trinajstić information content (AvgIpc) is 3.73. The van der Waals surface area contributed by atoms with E-state index in [1.54, 1.807) is 0 Å². The predicted molar refractivity (Wildman–Crippen MR) is 260 cm³/mol. The fraction of sp³-hybridized carbons (Fsp3) is 0. The summed E-state index contributed by atoms with van der Waals surface area (Å²) in [5.74, 6) is 0. The van der Waals surface area contributed by atoms with Gasteiger partial charge in [-0.3, -0.25) is 4.98 Å². The smallest absolute Gasteiger partial charge is 0.0979 e. The number of hydrogen-bond acceptors (Lipinski definition) is 3. The summed E-state index contributed by atoms with van der Waals surface area (Å²) in [6.45, 7) is 0. The number of hydrogen-bond donors (Lipinski definition) is 0. The van der Waals surface area contributed by atoms with Crippen molar-refractivity contribution in [2.45, 2.75) is 0 Å². The third-order valence-electron chi connectivity index (χ3n) is 12.1. The molecule has 0 aliphatic rings. The van der Waals surface area contributed by atoms with Crippen molar-refractivity contribution in [3.8, 4) is 66.9 Å². The molecule has 2 heterocycles. The van der Waals surface area contributed by atoms with Crippen molar-refractivity contribution >= 4 is 64.1 Å². The molecule has 0 atom stereocenters. The Morgan fingerprint density at radius 2 is 0.770 bits per heavy atom. The zero-order valence-electron chi connectivity index (χ0n) is 33.1. The standard InChI is InChI=1S/C58H36N2S/c1-3-12-37(13-4-1)44-28-30-48-49-31-29-45(38-14-5-2-6-15-38)35-53(49)57-56(52(48)34-44)59-36-54(60-57)46-19-10-18-43(33-46)42-17-9-16-41(32-42)39-24-26-40(27-25-39)47-21-11-22-51-50-20-7-8-23-55(50)61-58(47)51/h1-36H. The van der Waals surface area contributed by atoms with E-state index >= 15 is 0 Å². The Balaban J connectivity index is 0.928. The van der Waals surface area contributed by atoms with Gasteiger partial charge in [-0.2, -0.15) is 0 Å². The van der Waals surface area contributed by atoms with E-state index in [1.807, 2.05) is 17.5 Å². The van der Waals surface area contributed by atoms with Gasteiger partial charge in [0.25, 0.3) is 0 Å². The van der Waals surface area contributed by atoms with Gasteiger partial charge in [-0.1, -0.05) is 182 Å². The van der Waals surface area contributed by atoms with Crippen LogP contribution in [-0.2, 0) is 0 Å². The monoisotopic (exact) mass is 792 g/mol. The van der Waals surface area contributed by atoms with Crippen LogP contribution in [-0.4, -0.2) is 9.97 Å². The summed E-state index contributed by atoms with van der Waals surface area (Å²) in [5.41, 5.74) is 15.5. The van der Waals surface area contributed by atoms with Crippen molar-refractivity contribution in [1.29, 1.82) is 0 Å². The lowest BCUT2D eigenvalue weighted by molar-refractivity contribution is 1.31. The molecule has 0 unspecified atom stereocenters. The minimum absolute atomic E-state index is 0.847. The number of thiophene rings is 1. The van der Waals surface area contributed by atoms with Crippen LogP contribution >= 0.6 is 11.3 Å². The quantitative estimate of drug-likeness (QED) is 0.157. The SMILES string of the molecule is c1ccc(-c2ccc3c4ccc(-c5ccccc5)cc4c4nc(-c5cccc(-c6cccc(-c7ccc(-c8cccc9c8sc8ccccc89)cc7)c6)c5)cnc4c3c2)cc1. The molecule has 12 rings (SSSR count). The van der Waals surface area contributed by atoms with Gasteiger partial charge in [0.15, 0.2) is 0 Å². The first-order chi connectivity index (χ1) is 30.2. The van der Waals surface area contributed by atoms with Gasteiger partial charge in [0.05, 0.1) is 22.9 Å². The van der Waals surface area contributed by atoms with Crippen molar-refractivity contribution in [2.75, 3.05) is 0 Å². The molecule has 0 spiro atoms. The zero-order chi connectivity index (χ0) is 40.3. The molecule has 0 bridgehead atoms. The van der Waals surface area contributed by atoms with E-state index in [-0.39, 0.29) is 0 Å². The summed E-state index contributed by atoms with van der Waals surface area (Å²) in [6.07, 6.45) is 1.94. The van der Waals surface area contributed by atoms with Crippen LogP contribution in [0.2, 0.25) is 0 Å². The van der Waals surface area contributed by atoms with Crippen LogP contribution in [0.4, 0.5) is 0 Å². The second-order valence-electron chi connectivity index (χ2n) is 15.7. The number of nitrogens with zero attached hydrogens (tertiary/aromatic N) is 2. The van der Waals surface area contributed by atoms with Crippen LogP contribution in [0.5, 0.6) is 0 Å². The number of rotatable bonds is 6. The first kappa shape index (κ1) is 35.2. The van der Waals surface area contributed by atoms with Gasteiger partial charge in [-0.15, -0.1) is 11.3 Å². The van der Waals surface area contributed by atoms with Crippen molar-refractivity contribution in [3.05, 3.63) is 219 Å². The molecule has 2 aromatic heterocycles. The van der Waals surface area contributed by atoms with Gasteiger partial charge in [0, 0.05) is 36.5 Å². The molecule has 0 saturated carbocycles. The maximum atomic E-state index is 5.46. The van der Waals surface area contributed by atoms with E-state index in [1.165, 1.54) is 64.3 Å². The molecule has 61 heavy (non-hydrogen) atoms. The first-order valence-electron chi connectivity index (χ1n) is 20.7. The molecule has 0 radical (unpaired) electrons. The molecule has 0 aliphatic carbocycles. The second kappa shape index (κ2) is 14.5. The average molecular weight is 793 g/mol. The summed E-state index contributed by atoms with van der Waals surface area (Å²) in [7, 11) is 0. The van der Waals surface area contributed by atoms with Crippen LogP contribution in [0.15, 0.2) is 219 Å². The normalized spacial score (nSPS) is 11.6. The Morgan fingerprint density at radius 1 is 0.295 bits per heavy atom. The minimum atomic E-state index is 0.847. The predicted octanol–water partition coefficient (Wildman–Crippen LogP) is 16.3. The Morgan fingerprint density at radius 3 is 1.46 bits per heavy atom. The van der Waals surface area contributed by atoms with Crippen LogP contribution in [0.3, 0.4) is 0 Å². The fourth-order valence-corrected chi connectivity index (χ4v) is 10.3. The van der Waals surface area contributed by atoms with Crippen molar-refractivity contribution in [2.24, 2.45) is 0 Å². The first-order valence-corrected chi connectivity index (χ1v) is 21.5. The summed E-state index contributed by atoms with van der Waals surface area (Å²) in [4.78, 5) is 10.7. The number of aromatic nitrogens is 2. The molecule has 0 amide bonds. The second-order valence-corrected chi connectivity index (χ2v) is 16.8. The van der Waals surface area contributed by atoms with Gasteiger partial charge in [0.2, 0.25) is 0 Å². The Bertz CT molecular complexity index is 3630. The van der Waals surface area contributed by atoms with E-state index < -0.39 is 0 Å². The molecule has 0 N–H and O–H groups in total. The van der Waals surface area contributed by atoms with Gasteiger partial charge in [0.1, 0.15) is 0 Å². The lowest BCUT2D eigenvalue weighted by atomic mass is 9.93. The van der Waals surface area contributed by atoms with Crippen LogP contribution in [0.25, 0.3) is 120 Å². The van der Waals surface area contributed by atoms with E-state index in [2.05, 4.69) is 212 Å². The third kappa shape index (κ3) is 6.18. The van der Waals surface area contributed by atoms with Gasteiger partial charge in [-0.05, 0) is 96.7 Å². The molecule has 3 heteroatoms. The van der Waals surface area contributed by atoms with Gasteiger partial charge < -0.3 is 0 Å². The van der Waals surface area contributed by atoms with E-state index in [0.717, 1.165) is 55.3 Å². The third-order valence-corrected chi connectivity index (χ3v) is 13.3. The van der Waals surface area contributed by atoms with Gasteiger partial charge in [-0.25, -0.2) is 4.98 Å². The van der Waals surface area contributed by atoms with E-state index in [4.69, 9.17) is 9.97 Å². The lowest BCUT2D eigenvalue weighted by Gasteiger charge is -2.14. The zero-order valence-corrected chi connectivity index (χ0v) is 33.9. The molecular weight excluding hydrogens is 757 g/mol. The van der Waals surface area contributed by atoms with Crippen LogP contribution in [0.1, 0.15) is 0 Å². The van der Waals surface area contributed by atoms with Crippen LogP contribution in [0, 0.1) is 0 Å². The van der Waals surface area contributed by atoms with Gasteiger partial charge >= 0.3 is 0 Å². The summed E-state index contributed by atoms with van der Waals surface area (Å²) in [5, 5.41) is 7.19. The Hall–Kier alpha value is -7.72. The van der Waals surface area contributed by atoms with Crippen LogP contribution < -0.4 is 0 Å². The number of benzene rings is 10. The summed E-state index contributed by atoms with van der Waals surface area (Å²) < 4.78 is 2.66. The molecule has 2 nitrogen and oxygen atoms in total. The molecule has 12 aromatic rings. The molecule has 284 valence electrons. The summed E-state index contributed by atoms with van der Waals surface area (Å²) in [6, 6.07) is 76.6. The van der Waals surface area contributed by atoms with Crippen molar-refractivity contribution in [3.63, 3.8) is 0 Å². The summed E-state index contributed by atoms with van der Waals surface area (Å²) >= 11 is 1.87. The molecule has 0 aliphatic heterocycles. The molecule has 0 saturated heterocycles. The Kier molecular flexibility index (Phi) is 8.39. The van der Waals surface area contributed by atoms with E-state index in [9.17, 15) is 0 Å². The highest BCUT2D eigenvalue weighted by Gasteiger charge is 2.16. The maximum Gasteiger partial charge on any atom is 0.0979 e. The largest absolute Gasteiger partial charge is 0.252 e. The highest BCUT2D eigenvalue weighted by Crippen LogP contribution is 2.41. The molecule has 0 fully saturated rings. The van der Waals surface area contributed by atoms with Crippen molar-refractivity contribution < 1.29 is 0 Å². The van der Waals surface area contributed by atoms with E-state index in [0.29, 0.717) is 0 Å². The highest BCUT2D eigenvalue weighted by molar-refractivity contribution is 7.26. The molecule has 10 aromatic carbocycles. The molecular formula is C58H36N2S. The highest BCUT2D eigenvalue weighted by atomic mass is 32.1. The lowest BCUT2D eigenvalue weighted by Crippen LogP contribution is -1.93. The topological polar surface area (TPSA) is 25.8 Å². The minimum Gasteiger partial charge on any atom is -0.252 e. The fourth-order valence-electron chi connectivity index (χ4n) is 9.04. The van der Waals surface area contributed by atoms with Crippen molar-refractivity contribution in [1.82, 2.24) is 9.97 Å². The maximum absolute atomic E-state index is 5.46. The Labute approximate surface area is 357 Å². The number of fused-ring (bicyclic) bond motifs is 9.